The van der Waals surface area contributed by atoms with Crippen LogP contribution in [0.3, 0.4) is 0 Å². The van der Waals surface area contributed by atoms with Crippen molar-refractivity contribution in [2.75, 3.05) is 17.5 Å². The van der Waals surface area contributed by atoms with Crippen LogP contribution in [0.25, 0.3) is 11.1 Å². The van der Waals surface area contributed by atoms with E-state index in [-0.39, 0.29) is 0 Å². The number of unbranched alkanes of at least 4 members (excludes halogenated alkanes) is 2. The number of hydrogen-bond acceptors (Lipinski definition) is 4. The van der Waals surface area contributed by atoms with Gasteiger partial charge >= 0.3 is 6.03 Å². The van der Waals surface area contributed by atoms with Gasteiger partial charge in [-0.3, -0.25) is 0 Å². The Labute approximate surface area is 189 Å². The first kappa shape index (κ1) is 22.6. The van der Waals surface area contributed by atoms with E-state index in [0.29, 0.717) is 24.7 Å². The lowest BCUT2D eigenvalue weighted by atomic mass is 10.0. The molecular formula is C25H28N2O3S. The number of amides is 2. The van der Waals surface area contributed by atoms with Gasteiger partial charge in [-0.25, -0.2) is 9.10 Å². The summed E-state index contributed by atoms with van der Waals surface area (Å²) >= 11 is 4.06. The molecule has 3 aromatic carbocycles. The highest BCUT2D eigenvalue weighted by Crippen LogP contribution is 2.24. The highest BCUT2D eigenvalue weighted by Gasteiger charge is 2.08. The van der Waals surface area contributed by atoms with E-state index in [2.05, 4.69) is 56.1 Å². The van der Waals surface area contributed by atoms with E-state index in [1.165, 1.54) is 16.7 Å². The molecule has 0 aliphatic carbocycles. The number of nitrogens with two attached hydrogens (primary N) is 1. The van der Waals surface area contributed by atoms with E-state index < -0.39 is 6.03 Å². The molecule has 0 bridgehead atoms. The van der Waals surface area contributed by atoms with E-state index in [1.807, 2.05) is 18.2 Å². The standard InChI is InChI=1S/C25H28N2O3S/c1-19-8-10-20(11-9-19)21-12-14-23(15-13-21)29-16-3-2-4-17-30-24-7-5-6-22(18-24)27(31)25(26)28/h5-15,18,31H,2-4,16-17H2,1H3,(H2,26,28). The maximum absolute atomic E-state index is 11.2. The summed E-state index contributed by atoms with van der Waals surface area (Å²) < 4.78 is 12.7. The number of aryl methyl sites for hydroxylation is 1. The molecule has 6 heteroatoms. The van der Waals surface area contributed by atoms with Gasteiger partial charge in [0.25, 0.3) is 0 Å². The second kappa shape index (κ2) is 11.3. The minimum Gasteiger partial charge on any atom is -0.494 e. The number of carbonyl (C=O) groups excluding carboxylic acids is 1. The monoisotopic (exact) mass is 436 g/mol. The molecule has 0 saturated carbocycles. The summed E-state index contributed by atoms with van der Waals surface area (Å²) in [6.45, 7) is 3.36. The molecule has 0 heterocycles. The summed E-state index contributed by atoms with van der Waals surface area (Å²) in [5, 5.41) is 0. The molecule has 0 spiro atoms. The average molecular weight is 437 g/mol. The van der Waals surface area contributed by atoms with Crippen LogP contribution in [0.5, 0.6) is 11.5 Å². The Balaban J connectivity index is 1.33. The molecule has 0 saturated heterocycles. The Morgan fingerprint density at radius 2 is 1.42 bits per heavy atom. The van der Waals surface area contributed by atoms with Crippen molar-refractivity contribution in [2.45, 2.75) is 26.2 Å². The van der Waals surface area contributed by atoms with Crippen molar-refractivity contribution in [3.63, 3.8) is 0 Å². The molecular weight excluding hydrogens is 408 g/mol. The van der Waals surface area contributed by atoms with Gasteiger partial charge in [-0.2, -0.15) is 0 Å². The Bertz CT molecular complexity index is 975. The molecule has 162 valence electrons. The maximum atomic E-state index is 11.2. The van der Waals surface area contributed by atoms with E-state index in [4.69, 9.17) is 15.2 Å². The number of urea groups is 1. The molecule has 0 atom stereocenters. The molecule has 31 heavy (non-hydrogen) atoms. The van der Waals surface area contributed by atoms with Crippen LogP contribution in [0.4, 0.5) is 10.5 Å². The lowest BCUT2D eigenvalue weighted by molar-refractivity contribution is 0.257. The van der Waals surface area contributed by atoms with Crippen molar-refractivity contribution in [3.05, 3.63) is 78.4 Å². The molecule has 3 rings (SSSR count). The van der Waals surface area contributed by atoms with Crippen LogP contribution in [-0.4, -0.2) is 19.2 Å². The van der Waals surface area contributed by atoms with E-state index in [1.54, 1.807) is 18.2 Å². The third-order valence-corrected chi connectivity index (χ3v) is 5.26. The van der Waals surface area contributed by atoms with Crippen molar-refractivity contribution in [1.82, 2.24) is 0 Å². The van der Waals surface area contributed by atoms with Crippen LogP contribution in [0, 0.1) is 6.92 Å². The molecule has 0 aliphatic heterocycles. The highest BCUT2D eigenvalue weighted by atomic mass is 32.1. The summed E-state index contributed by atoms with van der Waals surface area (Å²) in [7, 11) is 0. The summed E-state index contributed by atoms with van der Waals surface area (Å²) in [6.07, 6.45) is 2.87. The molecule has 0 aliphatic rings. The predicted molar refractivity (Wildman–Crippen MR) is 129 cm³/mol. The predicted octanol–water partition coefficient (Wildman–Crippen LogP) is 6.02. The Morgan fingerprint density at radius 3 is 2.03 bits per heavy atom. The lowest BCUT2D eigenvalue weighted by Gasteiger charge is -2.14. The zero-order valence-corrected chi connectivity index (χ0v) is 18.6. The number of carbonyl (C=O) groups is 1. The number of nitrogens with zero attached hydrogens (tertiary/aromatic N) is 1. The minimum atomic E-state index is -0.634. The zero-order valence-electron chi connectivity index (χ0n) is 17.7. The average Bonchev–Trinajstić information content (AvgIpc) is 2.79. The number of rotatable bonds is 10. The van der Waals surface area contributed by atoms with Crippen molar-refractivity contribution in [1.29, 1.82) is 0 Å². The van der Waals surface area contributed by atoms with Crippen molar-refractivity contribution in [3.8, 4) is 22.6 Å². The fraction of sp³-hybridized carbons (Fsp3) is 0.240. The summed E-state index contributed by atoms with van der Waals surface area (Å²) in [4.78, 5) is 11.2. The molecule has 3 aromatic rings. The van der Waals surface area contributed by atoms with Crippen LogP contribution in [0.15, 0.2) is 72.8 Å². The van der Waals surface area contributed by atoms with Crippen LogP contribution in [0.2, 0.25) is 0 Å². The largest absolute Gasteiger partial charge is 0.494 e. The first-order valence-corrected chi connectivity index (χ1v) is 10.7. The third-order valence-electron chi connectivity index (χ3n) is 4.84. The van der Waals surface area contributed by atoms with Gasteiger partial charge < -0.3 is 15.2 Å². The van der Waals surface area contributed by atoms with Gasteiger partial charge in [0.1, 0.15) is 11.5 Å². The summed E-state index contributed by atoms with van der Waals surface area (Å²) in [5.41, 5.74) is 9.46. The lowest BCUT2D eigenvalue weighted by Crippen LogP contribution is -2.27. The molecule has 0 aromatic heterocycles. The zero-order chi connectivity index (χ0) is 22.1. The van der Waals surface area contributed by atoms with Crippen LogP contribution in [-0.2, 0) is 0 Å². The van der Waals surface area contributed by atoms with Gasteiger partial charge in [-0.15, -0.1) is 0 Å². The van der Waals surface area contributed by atoms with Gasteiger partial charge in [0.2, 0.25) is 0 Å². The molecule has 0 unspecified atom stereocenters. The molecule has 2 amide bonds. The minimum absolute atomic E-state index is 0.579. The van der Waals surface area contributed by atoms with Crippen molar-refractivity contribution in [2.24, 2.45) is 5.73 Å². The van der Waals surface area contributed by atoms with Gasteiger partial charge in [-0.05, 0) is 61.6 Å². The SMILES string of the molecule is Cc1ccc(-c2ccc(OCCCCCOc3cccc(N(S)C(N)=O)c3)cc2)cc1. The molecule has 5 nitrogen and oxygen atoms in total. The number of benzene rings is 3. The maximum Gasteiger partial charge on any atom is 0.329 e. The first-order valence-electron chi connectivity index (χ1n) is 10.3. The second-order valence-corrected chi connectivity index (χ2v) is 7.70. The summed E-state index contributed by atoms with van der Waals surface area (Å²) in [5.74, 6) is 1.57. The number of anilines is 1. The number of thiol groups is 1. The molecule has 0 radical (unpaired) electrons. The molecule has 2 N–H and O–H groups in total. The van der Waals surface area contributed by atoms with Crippen LogP contribution < -0.4 is 19.5 Å². The highest BCUT2D eigenvalue weighted by molar-refractivity contribution is 7.82. The van der Waals surface area contributed by atoms with Crippen molar-refractivity contribution < 1.29 is 14.3 Å². The normalized spacial score (nSPS) is 10.5. The van der Waals surface area contributed by atoms with E-state index in [9.17, 15) is 4.79 Å². The topological polar surface area (TPSA) is 64.8 Å². The number of hydrogen-bond donors (Lipinski definition) is 2. The Kier molecular flexibility index (Phi) is 8.24. The quantitative estimate of drug-likeness (QED) is 0.302. The van der Waals surface area contributed by atoms with Gasteiger partial charge in [0.15, 0.2) is 0 Å². The van der Waals surface area contributed by atoms with Gasteiger partial charge in [0, 0.05) is 6.07 Å². The Morgan fingerprint density at radius 1 is 0.839 bits per heavy atom. The number of ether oxygens (including phenoxy) is 2. The number of primary amides is 1. The fourth-order valence-electron chi connectivity index (χ4n) is 3.08. The Hall–Kier alpha value is -3.12. The smallest absolute Gasteiger partial charge is 0.329 e. The van der Waals surface area contributed by atoms with E-state index in [0.717, 1.165) is 29.3 Å². The van der Waals surface area contributed by atoms with E-state index >= 15 is 0 Å². The third kappa shape index (κ3) is 6.96. The van der Waals surface area contributed by atoms with Gasteiger partial charge in [0.05, 0.1) is 18.9 Å². The van der Waals surface area contributed by atoms with Crippen LogP contribution >= 0.6 is 12.8 Å². The fourth-order valence-corrected chi connectivity index (χ4v) is 3.21. The second-order valence-electron chi connectivity index (χ2n) is 7.30. The molecule has 0 fully saturated rings. The first-order chi connectivity index (χ1) is 15.0. The van der Waals surface area contributed by atoms with Gasteiger partial charge in [-0.1, -0.05) is 60.8 Å². The van der Waals surface area contributed by atoms with Crippen molar-refractivity contribution >= 4 is 24.5 Å². The summed E-state index contributed by atoms with van der Waals surface area (Å²) in [6, 6.07) is 23.2. The van der Waals surface area contributed by atoms with Crippen LogP contribution in [0.1, 0.15) is 24.8 Å².